The topological polar surface area (TPSA) is 72.4 Å². The fourth-order valence-electron chi connectivity index (χ4n) is 2.34. The van der Waals surface area contributed by atoms with Gasteiger partial charge in [-0.15, -0.1) is 0 Å². The number of anilines is 1. The number of hydrogen-bond donors (Lipinski definition) is 2. The number of halogens is 1. The molecule has 0 aliphatic carbocycles. The van der Waals surface area contributed by atoms with Gasteiger partial charge in [0.1, 0.15) is 0 Å². The summed E-state index contributed by atoms with van der Waals surface area (Å²) in [7, 11) is 0. The Kier molecular flexibility index (Phi) is 3.50. The Bertz CT molecular complexity index is 477. The number of rotatable bonds is 3. The molecule has 1 atom stereocenters. The number of likely N-dealkylation sites (tertiary alicyclic amines) is 1. The van der Waals surface area contributed by atoms with Crippen LogP contribution >= 0.6 is 11.6 Å². The minimum Gasteiger partial charge on any atom is -0.398 e. The van der Waals surface area contributed by atoms with Crippen molar-refractivity contribution in [3.63, 3.8) is 0 Å². The van der Waals surface area contributed by atoms with E-state index in [1.807, 2.05) is 19.1 Å². The van der Waals surface area contributed by atoms with Crippen LogP contribution in [-0.2, 0) is 11.3 Å². The van der Waals surface area contributed by atoms with Crippen molar-refractivity contribution in [2.24, 2.45) is 11.1 Å². The van der Waals surface area contributed by atoms with Crippen LogP contribution in [0.25, 0.3) is 0 Å². The highest BCUT2D eigenvalue weighted by Gasteiger charge is 2.38. The van der Waals surface area contributed by atoms with E-state index >= 15 is 0 Å². The van der Waals surface area contributed by atoms with E-state index in [2.05, 4.69) is 4.90 Å². The van der Waals surface area contributed by atoms with E-state index in [4.69, 9.17) is 23.1 Å². The molecule has 1 aliphatic rings. The molecule has 0 saturated carbocycles. The van der Waals surface area contributed by atoms with Gasteiger partial charge in [-0.1, -0.05) is 17.7 Å². The molecule has 1 aliphatic heterocycles. The minimum absolute atomic E-state index is 0.222. The molecule has 2 rings (SSSR count). The lowest BCUT2D eigenvalue weighted by Gasteiger charge is -2.21. The molecule has 0 radical (unpaired) electrons. The van der Waals surface area contributed by atoms with Crippen LogP contribution in [0.4, 0.5) is 5.69 Å². The van der Waals surface area contributed by atoms with Gasteiger partial charge in [-0.3, -0.25) is 9.69 Å². The third-order valence-electron chi connectivity index (χ3n) is 3.61. The first kappa shape index (κ1) is 13.2. The van der Waals surface area contributed by atoms with Gasteiger partial charge in [0, 0.05) is 13.1 Å². The molecule has 1 amide bonds. The Morgan fingerprint density at radius 3 is 2.83 bits per heavy atom. The van der Waals surface area contributed by atoms with Crippen molar-refractivity contribution in [1.82, 2.24) is 4.90 Å². The Morgan fingerprint density at radius 1 is 1.56 bits per heavy atom. The van der Waals surface area contributed by atoms with Gasteiger partial charge in [0.05, 0.1) is 16.1 Å². The average molecular weight is 268 g/mol. The van der Waals surface area contributed by atoms with Crippen molar-refractivity contribution < 1.29 is 4.79 Å². The summed E-state index contributed by atoms with van der Waals surface area (Å²) in [5, 5.41) is 0.571. The number of nitrogens with zero attached hydrogens (tertiary/aromatic N) is 1. The maximum absolute atomic E-state index is 11.4. The van der Waals surface area contributed by atoms with Crippen LogP contribution < -0.4 is 11.5 Å². The molecular formula is C13H18ClN3O. The molecule has 1 aromatic carbocycles. The summed E-state index contributed by atoms with van der Waals surface area (Å²) in [5.41, 5.74) is 12.5. The number of nitrogens with two attached hydrogens (primary N) is 2. The van der Waals surface area contributed by atoms with E-state index in [9.17, 15) is 4.79 Å². The van der Waals surface area contributed by atoms with Crippen LogP contribution in [0.3, 0.4) is 0 Å². The second kappa shape index (κ2) is 4.78. The van der Waals surface area contributed by atoms with E-state index in [1.165, 1.54) is 0 Å². The predicted molar refractivity (Wildman–Crippen MR) is 73.1 cm³/mol. The lowest BCUT2D eigenvalue weighted by Crippen LogP contribution is -2.36. The fraction of sp³-hybridized carbons (Fsp3) is 0.462. The van der Waals surface area contributed by atoms with Crippen molar-refractivity contribution in [1.29, 1.82) is 0 Å². The molecule has 0 bridgehead atoms. The molecule has 0 spiro atoms. The highest BCUT2D eigenvalue weighted by molar-refractivity contribution is 6.33. The maximum atomic E-state index is 11.4. The van der Waals surface area contributed by atoms with Crippen LogP contribution in [0.15, 0.2) is 18.2 Å². The van der Waals surface area contributed by atoms with Crippen molar-refractivity contribution >= 4 is 23.2 Å². The molecule has 18 heavy (non-hydrogen) atoms. The third kappa shape index (κ3) is 2.60. The zero-order chi connectivity index (χ0) is 13.3. The van der Waals surface area contributed by atoms with Crippen molar-refractivity contribution in [3.05, 3.63) is 28.8 Å². The number of nitrogen functional groups attached to an aromatic ring is 1. The van der Waals surface area contributed by atoms with E-state index in [-0.39, 0.29) is 5.91 Å². The largest absolute Gasteiger partial charge is 0.398 e. The van der Waals surface area contributed by atoms with Gasteiger partial charge < -0.3 is 11.5 Å². The van der Waals surface area contributed by atoms with Gasteiger partial charge in [0.2, 0.25) is 5.91 Å². The monoisotopic (exact) mass is 267 g/mol. The number of amides is 1. The first-order chi connectivity index (χ1) is 8.40. The molecule has 4 nitrogen and oxygen atoms in total. The van der Waals surface area contributed by atoms with E-state index < -0.39 is 5.41 Å². The Morgan fingerprint density at radius 2 is 2.28 bits per heavy atom. The quantitative estimate of drug-likeness (QED) is 0.818. The second-order valence-electron chi connectivity index (χ2n) is 5.24. The zero-order valence-electron chi connectivity index (χ0n) is 10.4. The lowest BCUT2D eigenvalue weighted by atomic mass is 9.89. The molecule has 0 aromatic heterocycles. The maximum Gasteiger partial charge on any atom is 0.224 e. The summed E-state index contributed by atoms with van der Waals surface area (Å²) >= 11 is 5.88. The summed E-state index contributed by atoms with van der Waals surface area (Å²) in [6.45, 7) is 4.27. The summed E-state index contributed by atoms with van der Waals surface area (Å²) < 4.78 is 0. The molecule has 98 valence electrons. The first-order valence-corrected chi connectivity index (χ1v) is 6.35. The molecule has 1 fully saturated rings. The van der Waals surface area contributed by atoms with Gasteiger partial charge >= 0.3 is 0 Å². The lowest BCUT2D eigenvalue weighted by molar-refractivity contribution is -0.126. The van der Waals surface area contributed by atoms with Gasteiger partial charge in [-0.25, -0.2) is 0 Å². The van der Waals surface area contributed by atoms with E-state index in [0.29, 0.717) is 17.3 Å². The van der Waals surface area contributed by atoms with Crippen molar-refractivity contribution in [3.8, 4) is 0 Å². The van der Waals surface area contributed by atoms with E-state index in [0.717, 1.165) is 25.1 Å². The molecule has 1 unspecified atom stereocenters. The standard InChI is InChI=1S/C13H18ClN3O/c1-13(12(16)18)4-5-17(8-13)7-9-2-3-10(14)11(15)6-9/h2-3,6H,4-5,7-8,15H2,1H3,(H2,16,18). The zero-order valence-corrected chi connectivity index (χ0v) is 11.2. The van der Waals surface area contributed by atoms with Crippen LogP contribution in [0.5, 0.6) is 0 Å². The fourth-order valence-corrected chi connectivity index (χ4v) is 2.46. The van der Waals surface area contributed by atoms with Crippen LogP contribution in [0.2, 0.25) is 5.02 Å². The Hall–Kier alpha value is -1.26. The minimum atomic E-state index is -0.405. The number of hydrogen-bond acceptors (Lipinski definition) is 3. The van der Waals surface area contributed by atoms with Crippen LogP contribution in [-0.4, -0.2) is 23.9 Å². The first-order valence-electron chi connectivity index (χ1n) is 5.97. The smallest absolute Gasteiger partial charge is 0.224 e. The van der Waals surface area contributed by atoms with Gasteiger partial charge in [0.25, 0.3) is 0 Å². The molecule has 1 saturated heterocycles. The summed E-state index contributed by atoms with van der Waals surface area (Å²) in [4.78, 5) is 13.6. The van der Waals surface area contributed by atoms with E-state index in [1.54, 1.807) is 6.07 Å². The van der Waals surface area contributed by atoms with Crippen LogP contribution in [0, 0.1) is 5.41 Å². The number of carbonyl (C=O) groups excluding carboxylic acids is 1. The van der Waals surface area contributed by atoms with Gasteiger partial charge in [-0.05, 0) is 37.6 Å². The number of benzene rings is 1. The Balaban J connectivity index is 2.03. The Labute approximate surface area is 112 Å². The number of primary amides is 1. The third-order valence-corrected chi connectivity index (χ3v) is 3.96. The molecule has 5 heteroatoms. The summed E-state index contributed by atoms with van der Waals surface area (Å²) in [6.07, 6.45) is 0.811. The predicted octanol–water partition coefficient (Wildman–Crippen LogP) is 1.62. The molecule has 1 heterocycles. The van der Waals surface area contributed by atoms with Crippen molar-refractivity contribution in [2.75, 3.05) is 18.8 Å². The SMILES string of the molecule is CC1(C(N)=O)CCN(Cc2ccc(Cl)c(N)c2)C1. The van der Waals surface area contributed by atoms with Gasteiger partial charge in [0.15, 0.2) is 0 Å². The summed E-state index contributed by atoms with van der Waals surface area (Å²) in [6, 6.07) is 5.64. The second-order valence-corrected chi connectivity index (χ2v) is 5.65. The molecular weight excluding hydrogens is 250 g/mol. The van der Waals surface area contributed by atoms with Gasteiger partial charge in [-0.2, -0.15) is 0 Å². The normalized spacial score (nSPS) is 24.3. The highest BCUT2D eigenvalue weighted by Crippen LogP contribution is 2.31. The summed E-state index contributed by atoms with van der Waals surface area (Å²) in [5.74, 6) is -0.222. The average Bonchev–Trinajstić information content (AvgIpc) is 2.67. The van der Waals surface area contributed by atoms with Crippen LogP contribution in [0.1, 0.15) is 18.9 Å². The number of carbonyl (C=O) groups is 1. The molecule has 4 N–H and O–H groups in total. The van der Waals surface area contributed by atoms with Crippen molar-refractivity contribution in [2.45, 2.75) is 19.9 Å². The molecule has 1 aromatic rings. The highest BCUT2D eigenvalue weighted by atomic mass is 35.5.